The number of fused-ring (bicyclic) bond motifs is 1. The van der Waals surface area contributed by atoms with Gasteiger partial charge in [0.05, 0.1) is 24.9 Å². The van der Waals surface area contributed by atoms with Gasteiger partial charge in [0.25, 0.3) is 0 Å². The van der Waals surface area contributed by atoms with Gasteiger partial charge in [0.1, 0.15) is 0 Å². The number of hydrazine groups is 1. The van der Waals surface area contributed by atoms with Gasteiger partial charge >= 0.3 is 5.97 Å². The molecule has 4 rings (SSSR count). The number of carbonyl (C=O) groups is 1. The number of benzene rings is 2. The molecule has 0 radical (unpaired) electrons. The molecule has 0 spiro atoms. The molecule has 0 atom stereocenters. The van der Waals surface area contributed by atoms with E-state index in [-0.39, 0.29) is 29.8 Å². The third kappa shape index (κ3) is 5.32. The number of rotatable bonds is 8. The topological polar surface area (TPSA) is 91.4 Å². The van der Waals surface area contributed by atoms with Gasteiger partial charge in [-0.15, -0.1) is 0 Å². The zero-order valence-electron chi connectivity index (χ0n) is 17.7. The van der Waals surface area contributed by atoms with Crippen LogP contribution in [0.2, 0.25) is 0 Å². The van der Waals surface area contributed by atoms with Crippen molar-refractivity contribution in [2.45, 2.75) is 19.9 Å². The van der Waals surface area contributed by atoms with Gasteiger partial charge in [0.2, 0.25) is 5.95 Å². The Morgan fingerprint density at radius 1 is 1.09 bits per heavy atom. The average molecular weight is 458 g/mol. The molecule has 0 bridgehead atoms. The number of halogens is 3. The van der Waals surface area contributed by atoms with Crippen molar-refractivity contribution in [3.63, 3.8) is 0 Å². The first-order valence-electron chi connectivity index (χ1n) is 10.2. The van der Waals surface area contributed by atoms with E-state index in [0.29, 0.717) is 25.4 Å². The molecule has 2 aromatic carbocycles. The smallest absolute Gasteiger partial charge is 0.307 e. The van der Waals surface area contributed by atoms with Crippen molar-refractivity contribution in [2.75, 3.05) is 28.8 Å². The van der Waals surface area contributed by atoms with Crippen molar-refractivity contribution >= 4 is 34.8 Å². The van der Waals surface area contributed by atoms with Crippen LogP contribution in [0.3, 0.4) is 0 Å². The van der Waals surface area contributed by atoms with Crippen LogP contribution in [0.15, 0.2) is 42.6 Å². The summed E-state index contributed by atoms with van der Waals surface area (Å²) in [6.07, 6.45) is 1.24. The lowest BCUT2D eigenvalue weighted by molar-refractivity contribution is -0.142. The van der Waals surface area contributed by atoms with E-state index in [4.69, 9.17) is 4.74 Å². The molecule has 0 saturated heterocycles. The highest BCUT2D eigenvalue weighted by molar-refractivity contribution is 5.71. The monoisotopic (exact) mass is 458 g/mol. The van der Waals surface area contributed by atoms with Crippen LogP contribution < -0.4 is 21.1 Å². The standard InChI is InChI=1S/C22H21F3N6O2/c1-2-33-20(32)7-8-31-19-6-4-14(9-13(19)11-27-31)29-22-26-12-18(25)21(30-22)28-15-3-5-16(23)17(24)10-15/h3-6,9-10,12,27H,2,7-8,11H2,1H3,(H2,26,28,29,30). The van der Waals surface area contributed by atoms with Gasteiger partial charge in [-0.05, 0) is 42.8 Å². The predicted molar refractivity (Wildman–Crippen MR) is 117 cm³/mol. The molecular weight excluding hydrogens is 437 g/mol. The average Bonchev–Trinajstić information content (AvgIpc) is 3.19. The molecular formula is C22H21F3N6O2. The number of hydrogen-bond acceptors (Lipinski definition) is 8. The number of hydrogen-bond donors (Lipinski definition) is 3. The number of ether oxygens (including phenoxy) is 1. The fourth-order valence-electron chi connectivity index (χ4n) is 3.32. The third-order valence-corrected chi connectivity index (χ3v) is 4.86. The van der Waals surface area contributed by atoms with Crippen LogP contribution in [-0.2, 0) is 16.1 Å². The van der Waals surface area contributed by atoms with Crippen molar-refractivity contribution < 1.29 is 22.7 Å². The highest BCUT2D eigenvalue weighted by Gasteiger charge is 2.20. The molecule has 0 unspecified atom stereocenters. The maximum Gasteiger partial charge on any atom is 0.307 e. The Morgan fingerprint density at radius 2 is 1.88 bits per heavy atom. The number of anilines is 5. The van der Waals surface area contributed by atoms with Gasteiger partial charge in [0.15, 0.2) is 23.3 Å². The molecule has 0 amide bonds. The zero-order valence-corrected chi connectivity index (χ0v) is 17.7. The molecule has 3 aromatic rings. The summed E-state index contributed by atoms with van der Waals surface area (Å²) in [5.41, 5.74) is 5.96. The van der Waals surface area contributed by atoms with Gasteiger partial charge in [-0.3, -0.25) is 4.79 Å². The summed E-state index contributed by atoms with van der Waals surface area (Å²) in [4.78, 5) is 19.6. The maximum absolute atomic E-state index is 14.1. The van der Waals surface area contributed by atoms with E-state index < -0.39 is 17.5 Å². The highest BCUT2D eigenvalue weighted by atomic mass is 19.2. The fourth-order valence-corrected chi connectivity index (χ4v) is 3.32. The summed E-state index contributed by atoms with van der Waals surface area (Å²) in [6, 6.07) is 8.69. The van der Waals surface area contributed by atoms with E-state index in [1.165, 1.54) is 6.07 Å². The molecule has 11 heteroatoms. The van der Waals surface area contributed by atoms with Crippen molar-refractivity contribution in [3.8, 4) is 0 Å². The second-order valence-corrected chi connectivity index (χ2v) is 7.15. The first-order valence-corrected chi connectivity index (χ1v) is 10.2. The number of aromatic nitrogens is 2. The Morgan fingerprint density at radius 3 is 2.67 bits per heavy atom. The van der Waals surface area contributed by atoms with E-state index in [2.05, 4.69) is 26.0 Å². The molecule has 33 heavy (non-hydrogen) atoms. The molecule has 3 N–H and O–H groups in total. The minimum Gasteiger partial charge on any atom is -0.466 e. The second-order valence-electron chi connectivity index (χ2n) is 7.15. The fraction of sp³-hybridized carbons (Fsp3) is 0.227. The van der Waals surface area contributed by atoms with Crippen LogP contribution in [0.1, 0.15) is 18.9 Å². The van der Waals surface area contributed by atoms with Crippen LogP contribution in [-0.4, -0.2) is 29.1 Å². The SMILES string of the molecule is CCOC(=O)CCN1NCc2cc(Nc3ncc(F)c(Nc4ccc(F)c(F)c4)n3)ccc21. The molecule has 8 nitrogen and oxygen atoms in total. The van der Waals surface area contributed by atoms with Gasteiger partial charge in [-0.1, -0.05) is 0 Å². The Bertz CT molecular complexity index is 1180. The molecule has 0 fully saturated rings. The first kappa shape index (κ1) is 22.3. The van der Waals surface area contributed by atoms with Crippen molar-refractivity contribution in [3.05, 3.63) is 65.6 Å². The van der Waals surface area contributed by atoms with Crippen molar-refractivity contribution in [2.24, 2.45) is 0 Å². The minimum absolute atomic E-state index is 0.117. The maximum atomic E-state index is 14.1. The Labute approximate surface area is 187 Å². The van der Waals surface area contributed by atoms with Gasteiger partial charge in [-0.25, -0.2) is 23.6 Å². The molecule has 0 aliphatic carbocycles. The lowest BCUT2D eigenvalue weighted by atomic mass is 10.1. The molecule has 1 aliphatic heterocycles. The lowest BCUT2D eigenvalue weighted by Crippen LogP contribution is -2.34. The van der Waals surface area contributed by atoms with Crippen LogP contribution in [0.25, 0.3) is 0 Å². The summed E-state index contributed by atoms with van der Waals surface area (Å²) in [5, 5.41) is 7.51. The summed E-state index contributed by atoms with van der Waals surface area (Å²) in [5.74, 6) is -3.14. The molecule has 172 valence electrons. The molecule has 0 saturated carbocycles. The largest absolute Gasteiger partial charge is 0.466 e. The number of nitrogens with one attached hydrogen (secondary N) is 3. The number of esters is 1. The van der Waals surface area contributed by atoms with Crippen molar-refractivity contribution in [1.82, 2.24) is 15.4 Å². The number of nitrogens with zero attached hydrogens (tertiary/aromatic N) is 3. The summed E-state index contributed by atoms with van der Waals surface area (Å²) >= 11 is 0. The first-order chi connectivity index (χ1) is 15.9. The third-order valence-electron chi connectivity index (χ3n) is 4.86. The van der Waals surface area contributed by atoms with Gasteiger partial charge < -0.3 is 20.4 Å². The van der Waals surface area contributed by atoms with Crippen LogP contribution in [0, 0.1) is 17.5 Å². The van der Waals surface area contributed by atoms with E-state index in [1.54, 1.807) is 13.0 Å². The lowest BCUT2D eigenvalue weighted by Gasteiger charge is -2.19. The molecule has 2 heterocycles. The molecule has 1 aliphatic rings. The van der Waals surface area contributed by atoms with E-state index in [9.17, 15) is 18.0 Å². The van der Waals surface area contributed by atoms with Crippen LogP contribution in [0.5, 0.6) is 0 Å². The van der Waals surface area contributed by atoms with E-state index >= 15 is 0 Å². The van der Waals surface area contributed by atoms with Crippen LogP contribution >= 0.6 is 0 Å². The predicted octanol–water partition coefficient (Wildman–Crippen LogP) is 4.16. The van der Waals surface area contributed by atoms with E-state index in [1.807, 2.05) is 17.1 Å². The van der Waals surface area contributed by atoms with Gasteiger partial charge in [-0.2, -0.15) is 4.98 Å². The quantitative estimate of drug-likeness (QED) is 0.434. The summed E-state index contributed by atoms with van der Waals surface area (Å²) in [7, 11) is 0. The van der Waals surface area contributed by atoms with Crippen molar-refractivity contribution in [1.29, 1.82) is 0 Å². The Hall–Kier alpha value is -3.86. The normalized spacial score (nSPS) is 12.4. The van der Waals surface area contributed by atoms with Crippen LogP contribution in [0.4, 0.5) is 42.0 Å². The van der Waals surface area contributed by atoms with E-state index in [0.717, 1.165) is 29.6 Å². The summed E-state index contributed by atoms with van der Waals surface area (Å²) < 4.78 is 45.6. The number of carbonyl (C=O) groups excluding carboxylic acids is 1. The summed E-state index contributed by atoms with van der Waals surface area (Å²) in [6.45, 7) is 3.16. The highest BCUT2D eigenvalue weighted by Crippen LogP contribution is 2.29. The minimum atomic E-state index is -1.06. The Balaban J connectivity index is 1.45. The second kappa shape index (κ2) is 9.74. The molecule has 1 aromatic heterocycles. The Kier molecular flexibility index (Phi) is 6.59. The van der Waals surface area contributed by atoms with Gasteiger partial charge in [0, 0.05) is 30.5 Å². The zero-order chi connectivity index (χ0) is 23.4.